The van der Waals surface area contributed by atoms with Crippen molar-refractivity contribution in [2.45, 2.75) is 40.2 Å². The highest BCUT2D eigenvalue weighted by atomic mass is 16.6. The van der Waals surface area contributed by atoms with Crippen molar-refractivity contribution in [2.75, 3.05) is 6.61 Å². The molecule has 0 radical (unpaired) electrons. The van der Waals surface area contributed by atoms with E-state index in [4.69, 9.17) is 10.5 Å². The van der Waals surface area contributed by atoms with Gasteiger partial charge in [0.2, 0.25) is 0 Å². The topological polar surface area (TPSA) is 78.4 Å². The number of nitro groups is 1. The van der Waals surface area contributed by atoms with E-state index in [1.54, 1.807) is 19.1 Å². The third kappa shape index (κ3) is 4.21. The Balaban J connectivity index is 2.99. The summed E-state index contributed by atoms with van der Waals surface area (Å²) in [6.07, 6.45) is 0.668. The molecule has 0 heterocycles. The van der Waals surface area contributed by atoms with Gasteiger partial charge in [0.1, 0.15) is 0 Å². The fourth-order valence-corrected chi connectivity index (χ4v) is 1.67. The largest absolute Gasteiger partial charge is 0.487 e. The second-order valence-corrected chi connectivity index (χ2v) is 5.67. The number of hydrogen-bond acceptors (Lipinski definition) is 4. The summed E-state index contributed by atoms with van der Waals surface area (Å²) in [5.41, 5.74) is 7.07. The van der Waals surface area contributed by atoms with Crippen LogP contribution < -0.4 is 10.5 Å². The number of nitrogens with zero attached hydrogens (tertiary/aromatic N) is 1. The van der Waals surface area contributed by atoms with Crippen LogP contribution in [0.3, 0.4) is 0 Å². The Morgan fingerprint density at radius 3 is 2.53 bits per heavy atom. The number of ether oxygens (including phenoxy) is 1. The van der Waals surface area contributed by atoms with Gasteiger partial charge in [0.25, 0.3) is 0 Å². The maximum atomic E-state index is 10.9. The smallest absolute Gasteiger partial charge is 0.310 e. The predicted molar refractivity (Wildman–Crippen MR) is 75.4 cm³/mol. The van der Waals surface area contributed by atoms with Crippen molar-refractivity contribution >= 4 is 5.69 Å². The van der Waals surface area contributed by atoms with Gasteiger partial charge in [-0.1, -0.05) is 26.8 Å². The van der Waals surface area contributed by atoms with E-state index < -0.39 is 4.92 Å². The Labute approximate surface area is 113 Å². The summed E-state index contributed by atoms with van der Waals surface area (Å²) in [5, 5.41) is 10.9. The minimum absolute atomic E-state index is 0.00469. The summed E-state index contributed by atoms with van der Waals surface area (Å²) < 4.78 is 5.32. The third-order valence-electron chi connectivity index (χ3n) is 3.09. The zero-order chi connectivity index (χ0) is 14.6. The van der Waals surface area contributed by atoms with Crippen LogP contribution in [-0.2, 0) is 6.42 Å². The first-order valence-corrected chi connectivity index (χ1v) is 6.41. The van der Waals surface area contributed by atoms with Crippen LogP contribution in [0.5, 0.6) is 5.75 Å². The summed E-state index contributed by atoms with van der Waals surface area (Å²) in [4.78, 5) is 10.5. The Morgan fingerprint density at radius 2 is 2.05 bits per heavy atom. The van der Waals surface area contributed by atoms with E-state index in [1.165, 1.54) is 6.07 Å². The molecule has 1 aromatic carbocycles. The van der Waals surface area contributed by atoms with Gasteiger partial charge in [-0.05, 0) is 30.4 Å². The minimum atomic E-state index is -0.432. The number of hydrogen-bond donors (Lipinski definition) is 1. The highest BCUT2D eigenvalue weighted by molar-refractivity contribution is 5.48. The van der Waals surface area contributed by atoms with Gasteiger partial charge in [-0.2, -0.15) is 0 Å². The molecule has 0 aromatic heterocycles. The maximum absolute atomic E-state index is 10.9. The molecule has 0 saturated heterocycles. The van der Waals surface area contributed by atoms with Crippen LogP contribution in [0.15, 0.2) is 18.2 Å². The Morgan fingerprint density at radius 1 is 1.42 bits per heavy atom. The molecule has 1 atom stereocenters. The molecule has 0 aliphatic rings. The van der Waals surface area contributed by atoms with E-state index >= 15 is 0 Å². The van der Waals surface area contributed by atoms with E-state index in [1.807, 2.05) is 0 Å². The van der Waals surface area contributed by atoms with Gasteiger partial charge in [0.05, 0.1) is 11.5 Å². The fourth-order valence-electron chi connectivity index (χ4n) is 1.67. The minimum Gasteiger partial charge on any atom is -0.487 e. The first kappa shape index (κ1) is 15.4. The quantitative estimate of drug-likeness (QED) is 0.656. The van der Waals surface area contributed by atoms with Crippen LogP contribution in [0.4, 0.5) is 5.69 Å². The van der Waals surface area contributed by atoms with Crippen LogP contribution in [-0.4, -0.2) is 17.6 Å². The van der Waals surface area contributed by atoms with E-state index in [0.29, 0.717) is 18.8 Å². The molecular weight excluding hydrogens is 244 g/mol. The van der Waals surface area contributed by atoms with Gasteiger partial charge >= 0.3 is 5.69 Å². The van der Waals surface area contributed by atoms with Gasteiger partial charge in [0, 0.05) is 12.1 Å². The van der Waals surface area contributed by atoms with Crippen molar-refractivity contribution in [3.63, 3.8) is 0 Å². The molecule has 0 amide bonds. The molecule has 2 N–H and O–H groups in total. The number of rotatable bonds is 5. The molecule has 0 saturated carbocycles. The molecule has 19 heavy (non-hydrogen) atoms. The second-order valence-electron chi connectivity index (χ2n) is 5.67. The lowest BCUT2D eigenvalue weighted by Gasteiger charge is -2.27. The van der Waals surface area contributed by atoms with Crippen LogP contribution in [0.1, 0.15) is 33.3 Å². The zero-order valence-electron chi connectivity index (χ0n) is 12.0. The molecule has 0 aliphatic heterocycles. The monoisotopic (exact) mass is 266 g/mol. The predicted octanol–water partition coefficient (Wildman–Crippen LogP) is 2.91. The second kappa shape index (κ2) is 6.02. The molecule has 1 unspecified atom stereocenters. The van der Waals surface area contributed by atoms with Gasteiger partial charge < -0.3 is 10.5 Å². The number of nitrogens with two attached hydrogens (primary N) is 1. The average Bonchev–Trinajstić information content (AvgIpc) is 2.28. The molecule has 0 bridgehead atoms. The van der Waals surface area contributed by atoms with Crippen molar-refractivity contribution in [2.24, 2.45) is 11.1 Å². The van der Waals surface area contributed by atoms with Crippen molar-refractivity contribution in [1.82, 2.24) is 0 Å². The lowest BCUT2D eigenvalue weighted by atomic mass is 9.84. The first-order valence-electron chi connectivity index (χ1n) is 6.41. The van der Waals surface area contributed by atoms with Crippen LogP contribution in [0.2, 0.25) is 0 Å². The number of benzene rings is 1. The lowest BCUT2D eigenvalue weighted by Crippen LogP contribution is -2.36. The van der Waals surface area contributed by atoms with Crippen molar-refractivity contribution < 1.29 is 9.66 Å². The van der Waals surface area contributed by atoms with E-state index in [9.17, 15) is 10.1 Å². The van der Waals surface area contributed by atoms with Crippen LogP contribution in [0, 0.1) is 15.5 Å². The van der Waals surface area contributed by atoms with E-state index in [0.717, 1.165) is 5.56 Å². The van der Waals surface area contributed by atoms with Crippen molar-refractivity contribution in [3.05, 3.63) is 33.9 Å². The summed E-state index contributed by atoms with van der Waals surface area (Å²) in [5.74, 6) is 0.311. The summed E-state index contributed by atoms with van der Waals surface area (Å²) in [7, 11) is 0. The summed E-state index contributed by atoms with van der Waals surface area (Å²) in [6, 6.07) is 4.93. The van der Waals surface area contributed by atoms with Crippen molar-refractivity contribution in [1.29, 1.82) is 0 Å². The maximum Gasteiger partial charge on any atom is 0.310 e. The highest BCUT2D eigenvalue weighted by Crippen LogP contribution is 2.29. The van der Waals surface area contributed by atoms with Crippen molar-refractivity contribution in [3.8, 4) is 5.75 Å². The molecule has 0 fully saturated rings. The SMILES string of the molecule is CCOc1cc(CC(N)C(C)(C)C)ccc1[N+](=O)[O-]. The Hall–Kier alpha value is -1.62. The summed E-state index contributed by atoms with van der Waals surface area (Å²) in [6.45, 7) is 8.43. The first-order chi connectivity index (χ1) is 8.75. The van der Waals surface area contributed by atoms with Crippen LogP contribution >= 0.6 is 0 Å². The summed E-state index contributed by atoms with van der Waals surface area (Å²) >= 11 is 0. The fraction of sp³-hybridized carbons (Fsp3) is 0.571. The Kier molecular flexibility index (Phi) is 4.89. The molecule has 1 rings (SSSR count). The normalized spacial score (nSPS) is 13.1. The molecule has 5 nitrogen and oxygen atoms in total. The van der Waals surface area contributed by atoms with E-state index in [-0.39, 0.29) is 17.1 Å². The van der Waals surface area contributed by atoms with Crippen LogP contribution in [0.25, 0.3) is 0 Å². The Bertz CT molecular complexity index is 452. The molecule has 0 spiro atoms. The van der Waals surface area contributed by atoms with Gasteiger partial charge in [-0.15, -0.1) is 0 Å². The average molecular weight is 266 g/mol. The molecule has 0 aliphatic carbocycles. The third-order valence-corrected chi connectivity index (χ3v) is 3.09. The standard InChI is InChI=1S/C14H22N2O3/c1-5-19-12-8-10(6-7-11(12)16(17)18)9-13(15)14(2,3)4/h6-8,13H,5,9,15H2,1-4H3. The van der Waals surface area contributed by atoms with Gasteiger partial charge in [0.15, 0.2) is 5.75 Å². The lowest BCUT2D eigenvalue weighted by molar-refractivity contribution is -0.385. The van der Waals surface area contributed by atoms with E-state index in [2.05, 4.69) is 20.8 Å². The number of nitro benzene ring substituents is 1. The van der Waals surface area contributed by atoms with Gasteiger partial charge in [-0.25, -0.2) is 0 Å². The zero-order valence-corrected chi connectivity index (χ0v) is 12.0. The van der Waals surface area contributed by atoms with Gasteiger partial charge in [-0.3, -0.25) is 10.1 Å². The molecule has 106 valence electrons. The molecule has 1 aromatic rings. The molecular formula is C14H22N2O3. The molecule has 5 heteroatoms. The highest BCUT2D eigenvalue weighted by Gasteiger charge is 2.22.